The quantitative estimate of drug-likeness (QED) is 0.709. The van der Waals surface area contributed by atoms with Gasteiger partial charge in [-0.3, -0.25) is 0 Å². The molecular weight excluding hydrogens is 262 g/mol. The molecule has 118 valence electrons. The van der Waals surface area contributed by atoms with Crippen molar-refractivity contribution >= 4 is 0 Å². The first-order valence-electron chi connectivity index (χ1n) is 8.33. The van der Waals surface area contributed by atoms with Crippen LogP contribution in [0.1, 0.15) is 37.3 Å². The lowest BCUT2D eigenvalue weighted by molar-refractivity contribution is 0.0156. The number of nitrogens with one attached hydrogen (secondary N) is 1. The van der Waals surface area contributed by atoms with Crippen LogP contribution in [0.25, 0.3) is 0 Å². The molecule has 21 heavy (non-hydrogen) atoms. The number of ether oxygens (including phenoxy) is 2. The van der Waals surface area contributed by atoms with Gasteiger partial charge in [0.25, 0.3) is 0 Å². The van der Waals surface area contributed by atoms with E-state index in [0.717, 1.165) is 58.8 Å². The van der Waals surface area contributed by atoms with E-state index >= 15 is 0 Å². The average Bonchev–Trinajstić information content (AvgIpc) is 2.54. The monoisotopic (exact) mass is 291 g/mol. The van der Waals surface area contributed by atoms with Crippen LogP contribution in [0, 0.1) is 5.92 Å². The highest BCUT2D eigenvalue weighted by atomic mass is 16.5. The van der Waals surface area contributed by atoms with E-state index in [1.165, 1.54) is 17.5 Å². The van der Waals surface area contributed by atoms with Crippen molar-refractivity contribution in [1.82, 2.24) is 5.32 Å². The molecule has 0 unspecified atom stereocenters. The van der Waals surface area contributed by atoms with E-state index in [-0.39, 0.29) is 0 Å². The zero-order valence-corrected chi connectivity index (χ0v) is 13.3. The van der Waals surface area contributed by atoms with Crippen LogP contribution < -0.4 is 5.32 Å². The SMILES string of the molecule is CCCNCCc1ccccc1COCC1CCOCC1. The Balaban J connectivity index is 1.73. The smallest absolute Gasteiger partial charge is 0.0719 e. The minimum Gasteiger partial charge on any atom is -0.381 e. The Morgan fingerprint density at radius 3 is 2.67 bits per heavy atom. The van der Waals surface area contributed by atoms with Crippen molar-refractivity contribution in [3.63, 3.8) is 0 Å². The zero-order chi connectivity index (χ0) is 14.8. The van der Waals surface area contributed by atoms with Gasteiger partial charge >= 0.3 is 0 Å². The Morgan fingerprint density at radius 1 is 1.14 bits per heavy atom. The molecule has 0 amide bonds. The summed E-state index contributed by atoms with van der Waals surface area (Å²) in [5.74, 6) is 0.678. The third-order valence-electron chi connectivity index (χ3n) is 4.07. The topological polar surface area (TPSA) is 30.5 Å². The number of hydrogen-bond donors (Lipinski definition) is 1. The van der Waals surface area contributed by atoms with Crippen molar-refractivity contribution in [3.8, 4) is 0 Å². The first kappa shape index (κ1) is 16.5. The molecule has 1 fully saturated rings. The van der Waals surface area contributed by atoms with Gasteiger partial charge in [-0.2, -0.15) is 0 Å². The summed E-state index contributed by atoms with van der Waals surface area (Å²) in [5.41, 5.74) is 2.75. The molecule has 0 aliphatic carbocycles. The van der Waals surface area contributed by atoms with Gasteiger partial charge in [-0.15, -0.1) is 0 Å². The fourth-order valence-corrected chi connectivity index (χ4v) is 2.72. The maximum atomic E-state index is 5.95. The van der Waals surface area contributed by atoms with Gasteiger partial charge in [-0.05, 0) is 55.8 Å². The van der Waals surface area contributed by atoms with Gasteiger partial charge in [0, 0.05) is 13.2 Å². The van der Waals surface area contributed by atoms with Gasteiger partial charge in [0.1, 0.15) is 0 Å². The van der Waals surface area contributed by atoms with E-state index in [1.54, 1.807) is 0 Å². The summed E-state index contributed by atoms with van der Waals surface area (Å²) in [5, 5.41) is 3.46. The van der Waals surface area contributed by atoms with Crippen LogP contribution in [0.5, 0.6) is 0 Å². The standard InChI is InChI=1S/C18H29NO2/c1-2-10-19-11-7-17-5-3-4-6-18(17)15-21-14-16-8-12-20-13-9-16/h3-6,16,19H,2,7-15H2,1H3. The summed E-state index contributed by atoms with van der Waals surface area (Å²) >= 11 is 0. The molecule has 0 spiro atoms. The molecule has 3 nitrogen and oxygen atoms in total. The first-order chi connectivity index (χ1) is 10.4. The number of benzene rings is 1. The largest absolute Gasteiger partial charge is 0.381 e. The molecule has 3 heteroatoms. The fraction of sp³-hybridized carbons (Fsp3) is 0.667. The molecule has 0 saturated carbocycles. The Morgan fingerprint density at radius 2 is 1.90 bits per heavy atom. The minimum atomic E-state index is 0.678. The highest BCUT2D eigenvalue weighted by molar-refractivity contribution is 5.26. The molecule has 1 aromatic rings. The fourth-order valence-electron chi connectivity index (χ4n) is 2.72. The summed E-state index contributed by atoms with van der Waals surface area (Å²) in [6.07, 6.45) is 4.55. The maximum Gasteiger partial charge on any atom is 0.0719 e. The molecule has 0 bridgehead atoms. The molecule has 1 heterocycles. The molecule has 0 aromatic heterocycles. The lowest BCUT2D eigenvalue weighted by Gasteiger charge is -2.22. The van der Waals surface area contributed by atoms with Crippen LogP contribution in [0.15, 0.2) is 24.3 Å². The normalized spacial score (nSPS) is 16.2. The van der Waals surface area contributed by atoms with Gasteiger partial charge in [0.15, 0.2) is 0 Å². The van der Waals surface area contributed by atoms with Gasteiger partial charge in [-0.25, -0.2) is 0 Å². The van der Waals surface area contributed by atoms with E-state index in [2.05, 4.69) is 36.5 Å². The highest BCUT2D eigenvalue weighted by Crippen LogP contribution is 2.16. The van der Waals surface area contributed by atoms with Gasteiger partial charge in [-0.1, -0.05) is 31.2 Å². The lowest BCUT2D eigenvalue weighted by Crippen LogP contribution is -2.20. The number of hydrogen-bond acceptors (Lipinski definition) is 3. The Kier molecular flexibility index (Phi) is 7.79. The van der Waals surface area contributed by atoms with E-state index in [4.69, 9.17) is 9.47 Å². The Bertz CT molecular complexity index is 389. The Hall–Kier alpha value is -0.900. The molecule has 1 N–H and O–H groups in total. The van der Waals surface area contributed by atoms with Crippen molar-refractivity contribution in [2.45, 2.75) is 39.2 Å². The van der Waals surface area contributed by atoms with E-state index in [9.17, 15) is 0 Å². The van der Waals surface area contributed by atoms with Crippen molar-refractivity contribution in [1.29, 1.82) is 0 Å². The van der Waals surface area contributed by atoms with Crippen LogP contribution in [-0.2, 0) is 22.5 Å². The predicted octanol–water partition coefficient (Wildman–Crippen LogP) is 3.17. The molecule has 1 aromatic carbocycles. The third kappa shape index (κ3) is 6.16. The summed E-state index contributed by atoms with van der Waals surface area (Å²) in [7, 11) is 0. The molecule has 1 aliphatic rings. The van der Waals surface area contributed by atoms with Gasteiger partial charge in [0.05, 0.1) is 13.2 Å². The van der Waals surface area contributed by atoms with Crippen LogP contribution in [0.2, 0.25) is 0 Å². The molecule has 1 aliphatic heterocycles. The molecule has 0 atom stereocenters. The molecule has 1 saturated heterocycles. The molecule has 2 rings (SSSR count). The van der Waals surface area contributed by atoms with Crippen LogP contribution in [-0.4, -0.2) is 32.9 Å². The van der Waals surface area contributed by atoms with Crippen LogP contribution in [0.3, 0.4) is 0 Å². The van der Waals surface area contributed by atoms with Crippen molar-refractivity contribution in [3.05, 3.63) is 35.4 Å². The first-order valence-corrected chi connectivity index (χ1v) is 8.33. The summed E-state index contributed by atoms with van der Waals surface area (Å²) < 4.78 is 11.3. The van der Waals surface area contributed by atoms with Crippen LogP contribution >= 0.6 is 0 Å². The summed E-state index contributed by atoms with van der Waals surface area (Å²) in [6.45, 7) is 7.74. The van der Waals surface area contributed by atoms with Crippen molar-refractivity contribution < 1.29 is 9.47 Å². The van der Waals surface area contributed by atoms with E-state index in [1.807, 2.05) is 0 Å². The number of rotatable bonds is 9. The Labute approximate surface area is 129 Å². The summed E-state index contributed by atoms with van der Waals surface area (Å²) in [4.78, 5) is 0. The second-order valence-corrected chi connectivity index (χ2v) is 5.84. The highest BCUT2D eigenvalue weighted by Gasteiger charge is 2.13. The van der Waals surface area contributed by atoms with E-state index < -0.39 is 0 Å². The summed E-state index contributed by atoms with van der Waals surface area (Å²) in [6, 6.07) is 8.65. The minimum absolute atomic E-state index is 0.678. The maximum absolute atomic E-state index is 5.95. The van der Waals surface area contributed by atoms with Gasteiger partial charge < -0.3 is 14.8 Å². The van der Waals surface area contributed by atoms with Crippen molar-refractivity contribution in [2.75, 3.05) is 32.9 Å². The second-order valence-electron chi connectivity index (χ2n) is 5.84. The van der Waals surface area contributed by atoms with Gasteiger partial charge in [0.2, 0.25) is 0 Å². The lowest BCUT2D eigenvalue weighted by atomic mass is 10.0. The zero-order valence-electron chi connectivity index (χ0n) is 13.3. The van der Waals surface area contributed by atoms with E-state index in [0.29, 0.717) is 5.92 Å². The second kappa shape index (κ2) is 9.93. The average molecular weight is 291 g/mol. The van der Waals surface area contributed by atoms with Crippen LogP contribution in [0.4, 0.5) is 0 Å². The molecule has 0 radical (unpaired) electrons. The third-order valence-corrected chi connectivity index (χ3v) is 4.07. The predicted molar refractivity (Wildman–Crippen MR) is 86.5 cm³/mol. The van der Waals surface area contributed by atoms with Crippen molar-refractivity contribution in [2.24, 2.45) is 5.92 Å². The molecular formula is C18H29NO2.